The molecule has 1 heterocycles. The lowest BCUT2D eigenvalue weighted by atomic mass is 10.2. The van der Waals surface area contributed by atoms with E-state index >= 15 is 0 Å². The summed E-state index contributed by atoms with van der Waals surface area (Å²) in [5, 5.41) is 0. The van der Waals surface area contributed by atoms with E-state index in [0.717, 1.165) is 12.1 Å². The standard InChI is InChI=1S/C14H8F7NS/c15-13-10(7-4-8-22-13)23(18,19,20,21)12-11(14(12,16)17)9-5-2-1-3-6-9/h1-8H. The lowest BCUT2D eigenvalue weighted by molar-refractivity contribution is 0.151. The Kier molecular flexibility index (Phi) is 2.68. The van der Waals surface area contributed by atoms with Crippen molar-refractivity contribution in [3.63, 3.8) is 0 Å². The Morgan fingerprint density at radius 2 is 1.48 bits per heavy atom. The maximum absolute atomic E-state index is 14.4. The molecule has 1 aromatic heterocycles. The van der Waals surface area contributed by atoms with Crippen molar-refractivity contribution >= 4 is 15.4 Å². The van der Waals surface area contributed by atoms with Crippen molar-refractivity contribution in [2.45, 2.75) is 10.8 Å². The van der Waals surface area contributed by atoms with E-state index in [1.807, 2.05) is 0 Å². The zero-order chi connectivity index (χ0) is 17.2. The number of hydrogen-bond acceptors (Lipinski definition) is 1. The number of alkyl halides is 2. The van der Waals surface area contributed by atoms with Gasteiger partial charge in [0, 0.05) is 6.20 Å². The minimum Gasteiger partial charge on any atom is -0.227 e. The number of nitrogens with zero attached hydrogens (tertiary/aromatic N) is 1. The second-order valence-electron chi connectivity index (χ2n) is 5.01. The van der Waals surface area contributed by atoms with E-state index in [-0.39, 0.29) is 6.07 Å². The Morgan fingerprint density at radius 1 is 0.870 bits per heavy atom. The largest absolute Gasteiger partial charge is 0.312 e. The molecule has 0 aliphatic heterocycles. The highest BCUT2D eigenvalue weighted by Crippen LogP contribution is 3.09. The van der Waals surface area contributed by atoms with Gasteiger partial charge in [-0.2, -0.15) is 13.2 Å². The molecule has 0 amide bonds. The number of pyridine rings is 1. The average molecular weight is 355 g/mol. The van der Waals surface area contributed by atoms with Gasteiger partial charge >= 0.3 is 5.92 Å². The van der Waals surface area contributed by atoms with Gasteiger partial charge in [0.2, 0.25) is 15.8 Å². The summed E-state index contributed by atoms with van der Waals surface area (Å²) in [5.74, 6) is -6.69. The van der Waals surface area contributed by atoms with Crippen molar-refractivity contribution < 1.29 is 28.7 Å². The lowest BCUT2D eigenvalue weighted by Gasteiger charge is -2.47. The van der Waals surface area contributed by atoms with E-state index in [2.05, 4.69) is 4.98 Å². The van der Waals surface area contributed by atoms with Crippen LogP contribution in [0.2, 0.25) is 0 Å². The van der Waals surface area contributed by atoms with E-state index in [1.165, 1.54) is 18.2 Å². The van der Waals surface area contributed by atoms with Gasteiger partial charge < -0.3 is 0 Å². The predicted octanol–water partition coefficient (Wildman–Crippen LogP) is 6.05. The molecule has 3 rings (SSSR count). The van der Waals surface area contributed by atoms with E-state index in [9.17, 15) is 28.7 Å². The van der Waals surface area contributed by atoms with Crippen LogP contribution in [0.15, 0.2) is 58.5 Å². The molecule has 1 aliphatic carbocycles. The molecular formula is C14H8F7NS. The van der Waals surface area contributed by atoms with Gasteiger partial charge in [0.05, 0.1) is 5.57 Å². The molecule has 0 radical (unpaired) electrons. The van der Waals surface area contributed by atoms with Crippen molar-refractivity contribution in [2.24, 2.45) is 0 Å². The number of allylic oxidation sites excluding steroid dienone is 2. The summed E-state index contributed by atoms with van der Waals surface area (Å²) >= 11 is 0. The molecule has 0 saturated carbocycles. The highest BCUT2D eigenvalue weighted by atomic mass is 32.5. The fourth-order valence-electron chi connectivity index (χ4n) is 2.38. The number of hydrogen-bond donors (Lipinski definition) is 0. The van der Waals surface area contributed by atoms with E-state index in [0.29, 0.717) is 12.3 Å². The van der Waals surface area contributed by atoms with Gasteiger partial charge in [-0.1, -0.05) is 30.3 Å². The van der Waals surface area contributed by atoms with E-state index in [4.69, 9.17) is 0 Å². The van der Waals surface area contributed by atoms with Crippen molar-refractivity contribution in [1.82, 2.24) is 4.98 Å². The number of rotatable bonds is 3. The highest BCUT2D eigenvalue weighted by molar-refractivity contribution is 8.53. The molecule has 1 aromatic carbocycles. The molecule has 0 bridgehead atoms. The highest BCUT2D eigenvalue weighted by Gasteiger charge is 2.84. The van der Waals surface area contributed by atoms with Gasteiger partial charge in [0.15, 0.2) is 0 Å². The average Bonchev–Trinajstić information content (AvgIpc) is 3.04. The quantitative estimate of drug-likeness (QED) is 0.482. The minimum atomic E-state index is -9.73. The van der Waals surface area contributed by atoms with Crippen molar-refractivity contribution in [2.75, 3.05) is 0 Å². The molecule has 0 N–H and O–H groups in total. The molecular weight excluding hydrogens is 347 g/mol. The molecule has 23 heavy (non-hydrogen) atoms. The van der Waals surface area contributed by atoms with Gasteiger partial charge in [-0.25, -0.2) is 4.98 Å². The first-order valence-corrected chi connectivity index (χ1v) is 8.24. The molecule has 1 aliphatic rings. The van der Waals surface area contributed by atoms with Crippen LogP contribution in [-0.4, -0.2) is 10.9 Å². The maximum atomic E-state index is 14.4. The minimum absolute atomic E-state index is 0.0773. The molecule has 0 spiro atoms. The first-order chi connectivity index (χ1) is 10.4. The summed E-state index contributed by atoms with van der Waals surface area (Å²) in [5.41, 5.74) is -1.94. The van der Waals surface area contributed by atoms with Crippen molar-refractivity contribution in [1.29, 1.82) is 0 Å². The summed E-state index contributed by atoms with van der Waals surface area (Å²) in [7, 11) is -9.73. The van der Waals surface area contributed by atoms with Crippen LogP contribution in [0.4, 0.5) is 28.7 Å². The Hall–Kier alpha value is -2.03. The van der Waals surface area contributed by atoms with Crippen LogP contribution < -0.4 is 0 Å². The van der Waals surface area contributed by atoms with Crippen LogP contribution in [0.5, 0.6) is 0 Å². The number of benzene rings is 1. The van der Waals surface area contributed by atoms with Gasteiger partial charge in [0.25, 0.3) is 0 Å². The zero-order valence-corrected chi connectivity index (χ0v) is 11.9. The second-order valence-corrected chi connectivity index (χ2v) is 7.99. The first-order valence-electron chi connectivity index (χ1n) is 6.19. The van der Waals surface area contributed by atoms with Gasteiger partial charge in [-0.05, 0) is 17.7 Å². The molecule has 0 unspecified atom stereocenters. The SMILES string of the molecule is Fc1ncccc1S(F)(F)(F)(F)C1=C(c2ccccc2)C1(F)F. The summed E-state index contributed by atoms with van der Waals surface area (Å²) in [6.07, 6.45) is 0.671. The summed E-state index contributed by atoms with van der Waals surface area (Å²) in [6.45, 7) is 0. The molecule has 0 fully saturated rings. The fraction of sp³-hybridized carbons (Fsp3) is 0.0714. The van der Waals surface area contributed by atoms with Gasteiger partial charge in [0.1, 0.15) is 9.80 Å². The maximum Gasteiger partial charge on any atom is 0.312 e. The smallest absolute Gasteiger partial charge is 0.227 e. The number of halogens is 7. The normalized spacial score (nSPS) is 20.0. The van der Waals surface area contributed by atoms with Crippen LogP contribution in [0.3, 0.4) is 0 Å². The molecule has 0 saturated heterocycles. The Morgan fingerprint density at radius 3 is 2.04 bits per heavy atom. The Labute approximate surface area is 125 Å². The van der Waals surface area contributed by atoms with Crippen LogP contribution >= 0.6 is 9.84 Å². The second kappa shape index (κ2) is 3.89. The Balaban J connectivity index is 2.31. The third-order valence-electron chi connectivity index (χ3n) is 3.40. The van der Waals surface area contributed by atoms with Crippen LogP contribution in [-0.2, 0) is 0 Å². The van der Waals surface area contributed by atoms with Crippen molar-refractivity contribution in [3.05, 3.63) is 65.1 Å². The summed E-state index contributed by atoms with van der Waals surface area (Å²) in [6, 6.07) is 6.62. The summed E-state index contributed by atoms with van der Waals surface area (Å²) in [4.78, 5) is -2.28. The van der Waals surface area contributed by atoms with E-state index < -0.39 is 42.6 Å². The van der Waals surface area contributed by atoms with E-state index in [1.54, 1.807) is 0 Å². The first kappa shape index (κ1) is 15.9. The van der Waals surface area contributed by atoms with Crippen LogP contribution in [0, 0.1) is 5.95 Å². The Bertz CT molecular complexity index is 839. The van der Waals surface area contributed by atoms with Crippen molar-refractivity contribution in [3.8, 4) is 0 Å². The third kappa shape index (κ3) is 2.13. The zero-order valence-electron chi connectivity index (χ0n) is 11.1. The van der Waals surface area contributed by atoms with Crippen LogP contribution in [0.1, 0.15) is 5.56 Å². The molecule has 2 aromatic rings. The third-order valence-corrected chi connectivity index (χ3v) is 5.88. The molecule has 1 nitrogen and oxygen atoms in total. The predicted molar refractivity (Wildman–Crippen MR) is 72.8 cm³/mol. The molecule has 124 valence electrons. The number of aromatic nitrogens is 1. The summed E-state index contributed by atoms with van der Waals surface area (Å²) < 4.78 is 98.5. The molecule has 9 heteroatoms. The molecule has 0 atom stereocenters. The van der Waals surface area contributed by atoms with Gasteiger partial charge in [-0.15, -0.1) is 15.5 Å². The van der Waals surface area contributed by atoms with Crippen LogP contribution in [0.25, 0.3) is 5.57 Å². The monoisotopic (exact) mass is 355 g/mol. The van der Waals surface area contributed by atoms with Gasteiger partial charge in [-0.3, -0.25) is 0 Å². The topological polar surface area (TPSA) is 12.9 Å². The fourth-order valence-corrected chi connectivity index (χ4v) is 4.57. The lowest BCUT2D eigenvalue weighted by Crippen LogP contribution is -2.19.